The molecule has 0 bridgehead atoms. The molecule has 0 N–H and O–H groups in total. The van der Waals surface area contributed by atoms with E-state index in [1.807, 2.05) is 24.3 Å². The van der Waals surface area contributed by atoms with Gasteiger partial charge in [0.25, 0.3) is 0 Å². The van der Waals surface area contributed by atoms with Crippen molar-refractivity contribution in [2.45, 2.75) is 19.4 Å². The van der Waals surface area contributed by atoms with Crippen LogP contribution in [0, 0.1) is 5.82 Å². The number of carbonyl (C=O) groups is 1. The van der Waals surface area contributed by atoms with Crippen LogP contribution in [0.25, 0.3) is 0 Å². The number of halogens is 2. The van der Waals surface area contributed by atoms with Gasteiger partial charge in [-0.15, -0.1) is 0 Å². The Bertz CT molecular complexity index is 671. The Morgan fingerprint density at radius 3 is 2.80 bits per heavy atom. The number of nitrogens with zero attached hydrogens (tertiary/aromatic N) is 1. The summed E-state index contributed by atoms with van der Waals surface area (Å²) in [6, 6.07) is 12.5. The topological polar surface area (TPSA) is 20.3 Å². The normalized spacial score (nSPS) is 14.3. The quantitative estimate of drug-likeness (QED) is 0.811. The second-order valence-corrected chi connectivity index (χ2v) is 5.80. The molecule has 0 saturated carbocycles. The Hall–Kier alpha value is -1.68. The first kappa shape index (κ1) is 13.3. The van der Waals surface area contributed by atoms with E-state index in [0.29, 0.717) is 19.4 Å². The summed E-state index contributed by atoms with van der Waals surface area (Å²) in [6.45, 7) is 0.511. The van der Waals surface area contributed by atoms with Gasteiger partial charge in [-0.2, -0.15) is 0 Å². The Morgan fingerprint density at radius 2 is 2.00 bits per heavy atom. The van der Waals surface area contributed by atoms with Gasteiger partial charge < -0.3 is 4.90 Å². The number of carbonyl (C=O) groups excluding carboxylic acids is 1. The lowest BCUT2D eigenvalue weighted by Crippen LogP contribution is -2.34. The first-order valence-corrected chi connectivity index (χ1v) is 7.26. The number of rotatable bonds is 2. The van der Waals surface area contributed by atoms with Crippen LogP contribution in [0.3, 0.4) is 0 Å². The Labute approximate surface area is 125 Å². The number of hydrogen-bond donors (Lipinski definition) is 0. The molecule has 0 spiro atoms. The van der Waals surface area contributed by atoms with Gasteiger partial charge in [0.1, 0.15) is 5.82 Å². The SMILES string of the molecule is O=C1CCc2cc(F)ccc2N1Cc1cccc(Br)c1. The average Bonchev–Trinajstić information content (AvgIpc) is 2.42. The highest BCUT2D eigenvalue weighted by Gasteiger charge is 2.24. The average molecular weight is 334 g/mol. The maximum Gasteiger partial charge on any atom is 0.227 e. The van der Waals surface area contributed by atoms with E-state index in [1.165, 1.54) is 12.1 Å². The van der Waals surface area contributed by atoms with Gasteiger partial charge >= 0.3 is 0 Å². The monoisotopic (exact) mass is 333 g/mol. The zero-order valence-electron chi connectivity index (χ0n) is 10.8. The minimum absolute atomic E-state index is 0.0871. The summed E-state index contributed by atoms with van der Waals surface area (Å²) in [5.41, 5.74) is 2.77. The summed E-state index contributed by atoms with van der Waals surface area (Å²) in [6.07, 6.45) is 1.05. The predicted octanol–water partition coefficient (Wildman–Crippen LogP) is 4.07. The smallest absolute Gasteiger partial charge is 0.227 e. The van der Waals surface area contributed by atoms with Crippen LogP contribution in [0.5, 0.6) is 0 Å². The lowest BCUT2D eigenvalue weighted by molar-refractivity contribution is -0.119. The fourth-order valence-electron chi connectivity index (χ4n) is 2.52. The molecule has 0 unspecified atom stereocenters. The highest BCUT2D eigenvalue weighted by atomic mass is 79.9. The molecule has 2 nitrogen and oxygen atoms in total. The maximum atomic E-state index is 13.3. The summed E-state index contributed by atoms with van der Waals surface area (Å²) in [7, 11) is 0. The van der Waals surface area contributed by atoms with E-state index in [0.717, 1.165) is 21.3 Å². The van der Waals surface area contributed by atoms with E-state index >= 15 is 0 Å². The van der Waals surface area contributed by atoms with Crippen molar-refractivity contribution in [1.29, 1.82) is 0 Å². The molecule has 1 amide bonds. The van der Waals surface area contributed by atoms with Gasteiger partial charge in [-0.3, -0.25) is 4.79 Å². The van der Waals surface area contributed by atoms with Crippen molar-refractivity contribution < 1.29 is 9.18 Å². The van der Waals surface area contributed by atoms with Crippen LogP contribution in [-0.2, 0) is 17.8 Å². The number of benzene rings is 2. The third-order valence-corrected chi connectivity index (χ3v) is 3.96. The third-order valence-electron chi connectivity index (χ3n) is 3.47. The van der Waals surface area contributed by atoms with Crippen LogP contribution >= 0.6 is 15.9 Å². The lowest BCUT2D eigenvalue weighted by atomic mass is 10.0. The molecule has 20 heavy (non-hydrogen) atoms. The van der Waals surface area contributed by atoms with E-state index in [2.05, 4.69) is 15.9 Å². The number of fused-ring (bicyclic) bond motifs is 1. The molecular weight excluding hydrogens is 321 g/mol. The molecule has 4 heteroatoms. The van der Waals surface area contributed by atoms with Gasteiger partial charge in [-0.05, 0) is 47.9 Å². The fraction of sp³-hybridized carbons (Fsp3) is 0.188. The number of aryl methyl sites for hydroxylation is 1. The minimum Gasteiger partial charge on any atom is -0.308 e. The van der Waals surface area contributed by atoms with Gasteiger partial charge in [0.15, 0.2) is 0 Å². The Morgan fingerprint density at radius 1 is 1.15 bits per heavy atom. The van der Waals surface area contributed by atoms with E-state index in [-0.39, 0.29) is 11.7 Å². The fourth-order valence-corrected chi connectivity index (χ4v) is 2.97. The largest absolute Gasteiger partial charge is 0.308 e. The minimum atomic E-state index is -0.250. The predicted molar refractivity (Wildman–Crippen MR) is 80.1 cm³/mol. The van der Waals surface area contributed by atoms with E-state index in [4.69, 9.17) is 0 Å². The summed E-state index contributed by atoms with van der Waals surface area (Å²) in [5, 5.41) is 0. The second kappa shape index (κ2) is 5.37. The molecule has 1 aliphatic heterocycles. The van der Waals surface area contributed by atoms with E-state index < -0.39 is 0 Å². The summed E-state index contributed by atoms with van der Waals surface area (Å²) in [5.74, 6) is -0.162. The van der Waals surface area contributed by atoms with Crippen LogP contribution in [0.2, 0.25) is 0 Å². The zero-order valence-corrected chi connectivity index (χ0v) is 12.4. The molecule has 0 saturated heterocycles. The Kier molecular flexibility index (Phi) is 3.57. The first-order chi connectivity index (χ1) is 9.63. The van der Waals surface area contributed by atoms with Gasteiger partial charge in [-0.25, -0.2) is 4.39 Å². The molecule has 0 radical (unpaired) electrons. The van der Waals surface area contributed by atoms with Crippen molar-refractivity contribution in [3.63, 3.8) is 0 Å². The standard InChI is InChI=1S/C16H13BrFNO/c17-13-3-1-2-11(8-13)10-19-15-6-5-14(18)9-12(15)4-7-16(19)20/h1-3,5-6,8-9H,4,7,10H2. The van der Waals surface area contributed by atoms with Gasteiger partial charge in [0.05, 0.1) is 6.54 Å². The van der Waals surface area contributed by atoms with Gasteiger partial charge in [0, 0.05) is 16.6 Å². The first-order valence-electron chi connectivity index (χ1n) is 6.47. The summed E-state index contributed by atoms with van der Waals surface area (Å²) >= 11 is 3.43. The van der Waals surface area contributed by atoms with E-state index in [9.17, 15) is 9.18 Å². The highest BCUT2D eigenvalue weighted by molar-refractivity contribution is 9.10. The van der Waals surface area contributed by atoms with Crippen molar-refractivity contribution in [2.75, 3.05) is 4.90 Å². The van der Waals surface area contributed by atoms with Gasteiger partial charge in [0.2, 0.25) is 5.91 Å². The van der Waals surface area contributed by atoms with Crippen molar-refractivity contribution in [1.82, 2.24) is 0 Å². The molecule has 0 atom stereocenters. The van der Waals surface area contributed by atoms with Crippen LogP contribution in [0.4, 0.5) is 10.1 Å². The lowest BCUT2D eigenvalue weighted by Gasteiger charge is -2.29. The van der Waals surface area contributed by atoms with Crippen molar-refractivity contribution in [3.05, 3.63) is 63.9 Å². The Balaban J connectivity index is 1.95. The third kappa shape index (κ3) is 2.61. The second-order valence-electron chi connectivity index (χ2n) is 4.88. The number of amides is 1. The van der Waals surface area contributed by atoms with E-state index in [1.54, 1.807) is 11.0 Å². The molecule has 2 aromatic rings. The van der Waals surface area contributed by atoms with Crippen LogP contribution in [-0.4, -0.2) is 5.91 Å². The summed E-state index contributed by atoms with van der Waals surface area (Å²) in [4.78, 5) is 13.9. The molecule has 0 aromatic heterocycles. The number of anilines is 1. The molecular formula is C16H13BrFNO. The molecule has 1 heterocycles. The molecule has 102 valence electrons. The van der Waals surface area contributed by atoms with Crippen LogP contribution < -0.4 is 4.90 Å². The maximum absolute atomic E-state index is 13.3. The van der Waals surface area contributed by atoms with Crippen molar-refractivity contribution >= 4 is 27.5 Å². The highest BCUT2D eigenvalue weighted by Crippen LogP contribution is 2.30. The molecule has 0 aliphatic carbocycles. The molecule has 3 rings (SSSR count). The number of hydrogen-bond acceptors (Lipinski definition) is 1. The van der Waals surface area contributed by atoms with Crippen molar-refractivity contribution in [2.24, 2.45) is 0 Å². The zero-order chi connectivity index (χ0) is 14.1. The molecule has 0 fully saturated rings. The van der Waals surface area contributed by atoms with Crippen LogP contribution in [0.15, 0.2) is 46.9 Å². The van der Waals surface area contributed by atoms with Crippen LogP contribution in [0.1, 0.15) is 17.5 Å². The molecule has 2 aromatic carbocycles. The van der Waals surface area contributed by atoms with Gasteiger partial charge in [-0.1, -0.05) is 28.1 Å². The molecule has 1 aliphatic rings. The summed E-state index contributed by atoms with van der Waals surface area (Å²) < 4.78 is 14.3. The van der Waals surface area contributed by atoms with Crippen molar-refractivity contribution in [3.8, 4) is 0 Å².